The van der Waals surface area contributed by atoms with Crippen molar-refractivity contribution >= 4 is 34.8 Å². The molecule has 0 saturated carbocycles. The molecule has 0 aliphatic carbocycles. The number of halogens is 2. The third kappa shape index (κ3) is 4.43. The topological polar surface area (TPSA) is 71.1 Å². The molecule has 5 nitrogen and oxygen atoms in total. The molecule has 3 aromatic rings. The Labute approximate surface area is 153 Å². The lowest BCUT2D eigenvalue weighted by atomic mass is 10.2. The predicted molar refractivity (Wildman–Crippen MR) is 98.0 cm³/mol. The van der Waals surface area contributed by atoms with E-state index in [4.69, 9.17) is 11.6 Å². The van der Waals surface area contributed by atoms with Gasteiger partial charge in [-0.25, -0.2) is 9.37 Å². The largest absolute Gasteiger partial charge is 0.321 e. The molecule has 1 heterocycles. The molecule has 0 atom stereocenters. The molecule has 2 aromatic carbocycles. The van der Waals surface area contributed by atoms with Crippen LogP contribution in [0.3, 0.4) is 0 Å². The van der Waals surface area contributed by atoms with E-state index in [2.05, 4.69) is 15.6 Å². The normalized spacial score (nSPS) is 10.2. The van der Waals surface area contributed by atoms with Crippen molar-refractivity contribution in [2.75, 3.05) is 10.6 Å². The molecule has 0 aliphatic rings. The Kier molecular flexibility index (Phi) is 5.24. The van der Waals surface area contributed by atoms with E-state index < -0.39 is 17.6 Å². The molecule has 0 aliphatic heterocycles. The number of benzene rings is 2. The van der Waals surface area contributed by atoms with Crippen LogP contribution in [0.4, 0.5) is 15.8 Å². The zero-order chi connectivity index (χ0) is 18.5. The van der Waals surface area contributed by atoms with Crippen LogP contribution in [0.5, 0.6) is 0 Å². The number of rotatable bonds is 4. The van der Waals surface area contributed by atoms with Crippen LogP contribution < -0.4 is 10.6 Å². The zero-order valence-corrected chi connectivity index (χ0v) is 14.1. The standard InChI is InChI=1S/C19H13ClFN3O2/c20-12-4-1-6-14(10-12)22-18(25)16-8-3-9-17(24-16)19(26)23-15-7-2-5-13(21)11-15/h1-11H,(H,22,25)(H,23,26). The van der Waals surface area contributed by atoms with Crippen molar-refractivity contribution in [1.29, 1.82) is 0 Å². The summed E-state index contributed by atoms with van der Waals surface area (Å²) in [6.45, 7) is 0. The van der Waals surface area contributed by atoms with E-state index in [0.29, 0.717) is 16.4 Å². The molecule has 0 unspecified atom stereocenters. The summed E-state index contributed by atoms with van der Waals surface area (Å²) >= 11 is 5.88. The monoisotopic (exact) mass is 369 g/mol. The number of amides is 2. The van der Waals surface area contributed by atoms with Gasteiger partial charge in [0.15, 0.2) is 0 Å². The number of nitrogens with zero attached hydrogens (tertiary/aromatic N) is 1. The van der Waals surface area contributed by atoms with E-state index >= 15 is 0 Å². The minimum Gasteiger partial charge on any atom is -0.321 e. The molecule has 130 valence electrons. The SMILES string of the molecule is O=C(Nc1cccc(F)c1)c1cccc(C(=O)Nc2cccc(Cl)c2)n1. The summed E-state index contributed by atoms with van der Waals surface area (Å²) in [6.07, 6.45) is 0. The van der Waals surface area contributed by atoms with Gasteiger partial charge in [-0.15, -0.1) is 0 Å². The fraction of sp³-hybridized carbons (Fsp3) is 0. The van der Waals surface area contributed by atoms with Crippen LogP contribution in [0.25, 0.3) is 0 Å². The Morgan fingerprint density at radius 2 is 1.35 bits per heavy atom. The second-order valence-corrected chi connectivity index (χ2v) is 5.77. The number of hydrogen-bond donors (Lipinski definition) is 2. The maximum Gasteiger partial charge on any atom is 0.274 e. The minimum absolute atomic E-state index is 0.0352. The highest BCUT2D eigenvalue weighted by Gasteiger charge is 2.13. The summed E-state index contributed by atoms with van der Waals surface area (Å²) in [5, 5.41) is 5.67. The maximum absolute atomic E-state index is 13.2. The lowest BCUT2D eigenvalue weighted by Crippen LogP contribution is -2.18. The van der Waals surface area contributed by atoms with Crippen molar-refractivity contribution in [2.45, 2.75) is 0 Å². The van der Waals surface area contributed by atoms with Gasteiger partial charge in [-0.3, -0.25) is 9.59 Å². The van der Waals surface area contributed by atoms with Crippen LogP contribution in [0.15, 0.2) is 66.7 Å². The third-order valence-corrected chi connectivity index (χ3v) is 3.61. The molecule has 3 rings (SSSR count). The molecule has 26 heavy (non-hydrogen) atoms. The van der Waals surface area contributed by atoms with E-state index in [1.54, 1.807) is 36.4 Å². The summed E-state index contributed by atoms with van der Waals surface area (Å²) in [5.74, 6) is -1.49. The lowest BCUT2D eigenvalue weighted by Gasteiger charge is -2.07. The highest BCUT2D eigenvalue weighted by atomic mass is 35.5. The van der Waals surface area contributed by atoms with Crippen molar-refractivity contribution in [3.8, 4) is 0 Å². The van der Waals surface area contributed by atoms with Crippen molar-refractivity contribution in [2.24, 2.45) is 0 Å². The van der Waals surface area contributed by atoms with Gasteiger partial charge < -0.3 is 10.6 Å². The summed E-state index contributed by atoms with van der Waals surface area (Å²) < 4.78 is 13.2. The summed E-state index contributed by atoms with van der Waals surface area (Å²) in [7, 11) is 0. The van der Waals surface area contributed by atoms with Crippen LogP contribution in [0.2, 0.25) is 5.02 Å². The molecular formula is C19H13ClFN3O2. The van der Waals surface area contributed by atoms with Crippen molar-refractivity contribution in [1.82, 2.24) is 4.98 Å². The molecule has 0 bridgehead atoms. The maximum atomic E-state index is 13.2. The van der Waals surface area contributed by atoms with Gasteiger partial charge in [0.25, 0.3) is 11.8 Å². The fourth-order valence-electron chi connectivity index (χ4n) is 2.21. The molecule has 2 amide bonds. The molecule has 7 heteroatoms. The van der Waals surface area contributed by atoms with Gasteiger partial charge in [-0.2, -0.15) is 0 Å². The first-order valence-electron chi connectivity index (χ1n) is 7.62. The van der Waals surface area contributed by atoms with E-state index in [9.17, 15) is 14.0 Å². The van der Waals surface area contributed by atoms with E-state index in [-0.39, 0.29) is 11.4 Å². The second-order valence-electron chi connectivity index (χ2n) is 5.34. The molecule has 0 spiro atoms. The van der Waals surface area contributed by atoms with Crippen LogP contribution in [-0.2, 0) is 0 Å². The first kappa shape index (κ1) is 17.6. The van der Waals surface area contributed by atoms with Gasteiger partial charge in [-0.1, -0.05) is 29.8 Å². The lowest BCUT2D eigenvalue weighted by molar-refractivity contribution is 0.101. The third-order valence-electron chi connectivity index (χ3n) is 3.38. The molecule has 1 aromatic heterocycles. The quantitative estimate of drug-likeness (QED) is 0.717. The number of hydrogen-bond acceptors (Lipinski definition) is 3. The molecular weight excluding hydrogens is 357 g/mol. The molecule has 0 fully saturated rings. The van der Waals surface area contributed by atoms with Crippen LogP contribution in [-0.4, -0.2) is 16.8 Å². The highest BCUT2D eigenvalue weighted by Crippen LogP contribution is 2.16. The van der Waals surface area contributed by atoms with Crippen LogP contribution in [0, 0.1) is 5.82 Å². The van der Waals surface area contributed by atoms with Gasteiger partial charge in [-0.05, 0) is 48.5 Å². The highest BCUT2D eigenvalue weighted by molar-refractivity contribution is 6.30. The Morgan fingerprint density at radius 3 is 1.92 bits per heavy atom. The van der Waals surface area contributed by atoms with Crippen molar-refractivity contribution in [3.63, 3.8) is 0 Å². The van der Waals surface area contributed by atoms with Gasteiger partial charge in [0.05, 0.1) is 0 Å². The van der Waals surface area contributed by atoms with Gasteiger partial charge >= 0.3 is 0 Å². The average Bonchev–Trinajstić information content (AvgIpc) is 2.62. The molecule has 2 N–H and O–H groups in total. The first-order chi connectivity index (χ1) is 12.5. The van der Waals surface area contributed by atoms with E-state index in [0.717, 1.165) is 0 Å². The Morgan fingerprint density at radius 1 is 0.808 bits per heavy atom. The first-order valence-corrected chi connectivity index (χ1v) is 8.00. The minimum atomic E-state index is -0.548. The second kappa shape index (κ2) is 7.76. The number of anilines is 2. The average molecular weight is 370 g/mol. The smallest absolute Gasteiger partial charge is 0.274 e. The Balaban J connectivity index is 1.75. The fourth-order valence-corrected chi connectivity index (χ4v) is 2.40. The van der Waals surface area contributed by atoms with E-state index in [1.165, 1.54) is 30.3 Å². The van der Waals surface area contributed by atoms with Gasteiger partial charge in [0.2, 0.25) is 0 Å². The van der Waals surface area contributed by atoms with Crippen LogP contribution in [0.1, 0.15) is 21.0 Å². The number of carbonyl (C=O) groups is 2. The van der Waals surface area contributed by atoms with Crippen LogP contribution >= 0.6 is 11.6 Å². The van der Waals surface area contributed by atoms with Crippen molar-refractivity contribution in [3.05, 3.63) is 89.0 Å². The number of carbonyl (C=O) groups excluding carboxylic acids is 2. The zero-order valence-electron chi connectivity index (χ0n) is 13.4. The number of pyridine rings is 1. The van der Waals surface area contributed by atoms with Gasteiger partial charge in [0, 0.05) is 16.4 Å². The Bertz CT molecular complexity index is 904. The summed E-state index contributed by atoms with van der Waals surface area (Å²) in [5.41, 5.74) is 0.911. The molecule has 0 radical (unpaired) electrons. The Hall–Kier alpha value is -3.25. The number of aromatic nitrogens is 1. The molecule has 0 saturated heterocycles. The number of nitrogens with one attached hydrogen (secondary N) is 2. The summed E-state index contributed by atoms with van der Waals surface area (Å²) in [6, 6.07) is 16.7. The predicted octanol–water partition coefficient (Wildman–Crippen LogP) is 4.38. The summed E-state index contributed by atoms with van der Waals surface area (Å²) in [4.78, 5) is 28.6. The van der Waals surface area contributed by atoms with Gasteiger partial charge in [0.1, 0.15) is 17.2 Å². The van der Waals surface area contributed by atoms with E-state index in [1.807, 2.05) is 0 Å². The van der Waals surface area contributed by atoms with Crippen molar-refractivity contribution < 1.29 is 14.0 Å².